The van der Waals surface area contributed by atoms with E-state index in [1.165, 1.54) is 23.4 Å². The van der Waals surface area contributed by atoms with Crippen LogP contribution in [0.25, 0.3) is 0 Å². The molecule has 54 valence electrons. The predicted octanol–water partition coefficient (Wildman–Crippen LogP) is 2.09. The highest BCUT2D eigenvalue weighted by molar-refractivity contribution is 7.10. The topological polar surface area (TPSA) is 12.0 Å². The van der Waals surface area contributed by atoms with Gasteiger partial charge < -0.3 is 5.32 Å². The van der Waals surface area contributed by atoms with E-state index in [2.05, 4.69) is 23.7 Å². The lowest BCUT2D eigenvalue weighted by atomic mass is 10.0. The van der Waals surface area contributed by atoms with Gasteiger partial charge in [0, 0.05) is 10.9 Å². The van der Waals surface area contributed by atoms with Crippen molar-refractivity contribution in [1.29, 1.82) is 0 Å². The summed E-state index contributed by atoms with van der Waals surface area (Å²) in [5.74, 6) is 0. The standard InChI is InChI=1S/C8H11NS/c1-6-4-7(5-10-6)8-2-3-9-8/h4-5,8-9H,2-3H2,1H3. The summed E-state index contributed by atoms with van der Waals surface area (Å²) in [6, 6.07) is 2.95. The molecule has 10 heavy (non-hydrogen) atoms. The Morgan fingerprint density at radius 3 is 2.90 bits per heavy atom. The Morgan fingerprint density at radius 2 is 2.50 bits per heavy atom. The summed E-state index contributed by atoms with van der Waals surface area (Å²) in [7, 11) is 0. The summed E-state index contributed by atoms with van der Waals surface area (Å²) in [4.78, 5) is 1.42. The maximum Gasteiger partial charge on any atom is 0.0340 e. The molecule has 1 aliphatic rings. The monoisotopic (exact) mass is 153 g/mol. The molecule has 1 unspecified atom stereocenters. The van der Waals surface area contributed by atoms with E-state index in [4.69, 9.17) is 0 Å². The molecule has 1 aromatic heterocycles. The van der Waals surface area contributed by atoms with Crippen LogP contribution in [-0.2, 0) is 0 Å². The van der Waals surface area contributed by atoms with Crippen LogP contribution in [0.2, 0.25) is 0 Å². The molecule has 1 aliphatic heterocycles. The van der Waals surface area contributed by atoms with Gasteiger partial charge in [0.05, 0.1) is 0 Å². The first-order valence-corrected chi connectivity index (χ1v) is 4.52. The molecular formula is C8H11NS. The van der Waals surface area contributed by atoms with Crippen molar-refractivity contribution in [3.05, 3.63) is 21.9 Å². The third-order valence-electron chi connectivity index (χ3n) is 1.98. The van der Waals surface area contributed by atoms with E-state index in [9.17, 15) is 0 Å². The van der Waals surface area contributed by atoms with Gasteiger partial charge in [-0.15, -0.1) is 11.3 Å². The van der Waals surface area contributed by atoms with Crippen molar-refractivity contribution >= 4 is 11.3 Å². The summed E-state index contributed by atoms with van der Waals surface area (Å²) >= 11 is 1.84. The molecule has 0 radical (unpaired) electrons. The van der Waals surface area contributed by atoms with Crippen molar-refractivity contribution in [3.63, 3.8) is 0 Å². The van der Waals surface area contributed by atoms with Crippen LogP contribution in [0.5, 0.6) is 0 Å². The molecule has 2 rings (SSSR count). The summed E-state index contributed by atoms with van der Waals surface area (Å²) in [5.41, 5.74) is 1.48. The SMILES string of the molecule is Cc1cc(C2CCN2)cs1. The number of hydrogen-bond acceptors (Lipinski definition) is 2. The zero-order valence-corrected chi connectivity index (χ0v) is 6.87. The van der Waals surface area contributed by atoms with Gasteiger partial charge in [0.2, 0.25) is 0 Å². The minimum absolute atomic E-state index is 0.671. The molecule has 2 heteroatoms. The van der Waals surface area contributed by atoms with Gasteiger partial charge in [0.1, 0.15) is 0 Å². The van der Waals surface area contributed by atoms with Crippen LogP contribution in [0.15, 0.2) is 11.4 Å². The van der Waals surface area contributed by atoms with Crippen molar-refractivity contribution in [3.8, 4) is 0 Å². The first-order valence-electron chi connectivity index (χ1n) is 3.65. The van der Waals surface area contributed by atoms with Crippen molar-refractivity contribution in [1.82, 2.24) is 5.32 Å². The quantitative estimate of drug-likeness (QED) is 0.651. The van der Waals surface area contributed by atoms with Gasteiger partial charge in [0.25, 0.3) is 0 Å². The second kappa shape index (κ2) is 2.36. The molecule has 0 aliphatic carbocycles. The molecule has 0 bridgehead atoms. The van der Waals surface area contributed by atoms with Gasteiger partial charge in [-0.2, -0.15) is 0 Å². The molecular weight excluding hydrogens is 142 g/mol. The molecule has 0 aromatic carbocycles. The van der Waals surface area contributed by atoms with Crippen LogP contribution in [0.1, 0.15) is 22.9 Å². The van der Waals surface area contributed by atoms with Crippen molar-refractivity contribution in [2.75, 3.05) is 6.54 Å². The Balaban J connectivity index is 2.17. The van der Waals surface area contributed by atoms with Crippen molar-refractivity contribution < 1.29 is 0 Å². The van der Waals surface area contributed by atoms with Crippen LogP contribution < -0.4 is 5.32 Å². The molecule has 1 nitrogen and oxygen atoms in total. The van der Waals surface area contributed by atoms with Crippen LogP contribution in [0, 0.1) is 6.92 Å². The number of rotatable bonds is 1. The maximum atomic E-state index is 3.38. The molecule has 0 spiro atoms. The Kier molecular flexibility index (Phi) is 1.51. The smallest absolute Gasteiger partial charge is 0.0340 e. The van der Waals surface area contributed by atoms with E-state index in [1.54, 1.807) is 0 Å². The fourth-order valence-electron chi connectivity index (χ4n) is 1.22. The first kappa shape index (κ1) is 6.38. The minimum Gasteiger partial charge on any atom is -0.310 e. The summed E-state index contributed by atoms with van der Waals surface area (Å²) in [6.07, 6.45) is 1.32. The number of thiophene rings is 1. The van der Waals surface area contributed by atoms with Crippen molar-refractivity contribution in [2.24, 2.45) is 0 Å². The zero-order chi connectivity index (χ0) is 6.97. The van der Waals surface area contributed by atoms with E-state index in [-0.39, 0.29) is 0 Å². The predicted molar refractivity (Wildman–Crippen MR) is 44.4 cm³/mol. The lowest BCUT2D eigenvalue weighted by molar-refractivity contribution is 0.384. The average Bonchev–Trinajstić information content (AvgIpc) is 2.10. The molecule has 1 N–H and O–H groups in total. The van der Waals surface area contributed by atoms with E-state index in [1.807, 2.05) is 11.3 Å². The molecule has 1 atom stereocenters. The third kappa shape index (κ3) is 0.976. The molecule has 0 saturated carbocycles. The molecule has 1 saturated heterocycles. The molecule has 1 fully saturated rings. The number of aryl methyl sites for hydroxylation is 1. The summed E-state index contributed by atoms with van der Waals surface area (Å²) in [6.45, 7) is 3.35. The maximum absolute atomic E-state index is 3.38. The highest BCUT2D eigenvalue weighted by atomic mass is 32.1. The first-order chi connectivity index (χ1) is 4.86. The lowest BCUT2D eigenvalue weighted by Crippen LogP contribution is -2.34. The van der Waals surface area contributed by atoms with E-state index in [0.717, 1.165) is 0 Å². The van der Waals surface area contributed by atoms with Crippen molar-refractivity contribution in [2.45, 2.75) is 19.4 Å². The van der Waals surface area contributed by atoms with Gasteiger partial charge in [0.15, 0.2) is 0 Å². The summed E-state index contributed by atoms with van der Waals surface area (Å²) in [5, 5.41) is 5.64. The average molecular weight is 153 g/mol. The van der Waals surface area contributed by atoms with Crippen LogP contribution >= 0.6 is 11.3 Å². The third-order valence-corrected chi connectivity index (χ3v) is 2.86. The number of hydrogen-bond donors (Lipinski definition) is 1. The van der Waals surface area contributed by atoms with Crippen LogP contribution in [0.4, 0.5) is 0 Å². The van der Waals surface area contributed by atoms with Gasteiger partial charge in [-0.1, -0.05) is 0 Å². The molecule has 1 aromatic rings. The fourth-order valence-corrected chi connectivity index (χ4v) is 1.98. The van der Waals surface area contributed by atoms with Gasteiger partial charge >= 0.3 is 0 Å². The lowest BCUT2D eigenvalue weighted by Gasteiger charge is -2.26. The minimum atomic E-state index is 0.671. The highest BCUT2D eigenvalue weighted by Crippen LogP contribution is 2.26. The fraction of sp³-hybridized carbons (Fsp3) is 0.500. The van der Waals surface area contributed by atoms with E-state index >= 15 is 0 Å². The van der Waals surface area contributed by atoms with Gasteiger partial charge in [-0.3, -0.25) is 0 Å². The van der Waals surface area contributed by atoms with Crippen LogP contribution in [-0.4, -0.2) is 6.54 Å². The zero-order valence-electron chi connectivity index (χ0n) is 6.05. The Hall–Kier alpha value is -0.340. The second-order valence-electron chi connectivity index (χ2n) is 2.79. The second-order valence-corrected chi connectivity index (χ2v) is 3.90. The van der Waals surface area contributed by atoms with E-state index < -0.39 is 0 Å². The largest absolute Gasteiger partial charge is 0.310 e. The molecule has 0 amide bonds. The summed E-state index contributed by atoms with van der Waals surface area (Å²) < 4.78 is 0. The molecule has 2 heterocycles. The Bertz CT molecular complexity index is 225. The highest BCUT2D eigenvalue weighted by Gasteiger charge is 2.18. The van der Waals surface area contributed by atoms with Crippen LogP contribution in [0.3, 0.4) is 0 Å². The van der Waals surface area contributed by atoms with Gasteiger partial charge in [-0.05, 0) is 36.9 Å². The number of nitrogens with one attached hydrogen (secondary N) is 1. The van der Waals surface area contributed by atoms with E-state index in [0.29, 0.717) is 6.04 Å². The Labute approximate surface area is 65.1 Å². The Morgan fingerprint density at radius 1 is 1.70 bits per heavy atom. The normalized spacial score (nSPS) is 24.3. The van der Waals surface area contributed by atoms with Gasteiger partial charge in [-0.25, -0.2) is 0 Å².